The van der Waals surface area contributed by atoms with Crippen LogP contribution in [0.15, 0.2) is 35.3 Å². The number of piperidine rings is 1. The Bertz CT molecular complexity index is 1850. The van der Waals surface area contributed by atoms with Crippen LogP contribution >= 0.6 is 0 Å². The van der Waals surface area contributed by atoms with Crippen LogP contribution in [0.3, 0.4) is 0 Å². The summed E-state index contributed by atoms with van der Waals surface area (Å²) in [6, 6.07) is 9.64. The molecule has 8 rings (SSSR count). The summed E-state index contributed by atoms with van der Waals surface area (Å²) in [6.45, 7) is 1.98. The molecule has 2 aliphatic heterocycles. The van der Waals surface area contributed by atoms with E-state index in [9.17, 15) is 36.6 Å². The van der Waals surface area contributed by atoms with Crippen molar-refractivity contribution >= 4 is 34.5 Å². The number of carbonyl (C=O) groups is 2. The van der Waals surface area contributed by atoms with Crippen molar-refractivity contribution in [2.24, 2.45) is 22.4 Å². The molecule has 0 unspecified atom stereocenters. The molecule has 51 heavy (non-hydrogen) atoms. The molecule has 5 aliphatic rings. The number of fused-ring (bicyclic) bond motifs is 4. The van der Waals surface area contributed by atoms with Crippen molar-refractivity contribution < 1.29 is 72.0 Å². The van der Waals surface area contributed by atoms with Gasteiger partial charge >= 0.3 is 24.3 Å². The minimum atomic E-state index is -5.08. The molecule has 0 amide bonds. The maximum Gasteiger partial charge on any atom is 0.490 e. The number of aliphatic carboxylic acids is 2. The van der Waals surface area contributed by atoms with E-state index in [2.05, 4.69) is 14.9 Å². The fourth-order valence-corrected chi connectivity index (χ4v) is 7.83. The third kappa shape index (κ3) is 6.47. The lowest BCUT2D eigenvalue weighted by Crippen LogP contribution is -2.74. The molecule has 1 saturated carbocycles. The van der Waals surface area contributed by atoms with Crippen LogP contribution in [0.5, 0.6) is 11.5 Å². The molecule has 2 bridgehead atoms. The van der Waals surface area contributed by atoms with Crippen LogP contribution in [0.2, 0.25) is 0 Å². The Morgan fingerprint density at radius 2 is 1.63 bits per heavy atom. The van der Waals surface area contributed by atoms with Crippen LogP contribution in [-0.2, 0) is 27.8 Å². The predicted octanol–water partition coefficient (Wildman–Crippen LogP) is 2.09. The van der Waals surface area contributed by atoms with Gasteiger partial charge in [-0.3, -0.25) is 4.90 Å². The normalized spacial score (nSPS) is 25.2. The molecule has 1 spiro atoms. The van der Waals surface area contributed by atoms with Crippen molar-refractivity contribution in [3.05, 3.63) is 52.7 Å². The number of aromatic hydroxyl groups is 1. The van der Waals surface area contributed by atoms with Gasteiger partial charge in [0, 0.05) is 35.5 Å². The number of hydrogen-bond acceptors (Lipinski definition) is 7. The maximum absolute atomic E-state index is 12.9. The molecule has 0 radical (unpaired) electrons. The van der Waals surface area contributed by atoms with Crippen LogP contribution in [-0.4, -0.2) is 96.2 Å². The van der Waals surface area contributed by atoms with E-state index in [0.717, 1.165) is 59.6 Å². The monoisotopic (exact) mass is 735 g/mol. The summed E-state index contributed by atoms with van der Waals surface area (Å²) < 4.78 is 70.1. The third-order valence-corrected chi connectivity index (χ3v) is 9.89. The number of carboxylic acid groups (broad SMARTS) is 2. The summed E-state index contributed by atoms with van der Waals surface area (Å²) in [5, 5.41) is 38.9. The predicted molar refractivity (Wildman–Crippen MR) is 167 cm³/mol. The second-order valence-electron chi connectivity index (χ2n) is 12.8. The number of nitrogens with zero attached hydrogens (tertiary/aromatic N) is 2. The lowest BCUT2D eigenvalue weighted by atomic mass is 9.49. The first-order chi connectivity index (χ1) is 22.8. The zero-order chi connectivity index (χ0) is 35.8. The fraction of sp³-hybridized carbons (Fsp3) is 0.452. The van der Waals surface area contributed by atoms with Gasteiger partial charge in [0.2, 0.25) is 0 Å². The molecule has 14 nitrogen and oxygen atoms in total. The number of phenolic OH excluding ortho intramolecular Hbond substituents is 1. The molecule has 13 N–H and O–H groups in total. The third-order valence-electron chi connectivity index (χ3n) is 9.89. The number of carboxylic acids is 2. The van der Waals surface area contributed by atoms with Crippen molar-refractivity contribution in [2.45, 2.75) is 67.6 Å². The van der Waals surface area contributed by atoms with E-state index < -0.39 is 35.3 Å². The van der Waals surface area contributed by atoms with Crippen molar-refractivity contribution in [1.82, 2.24) is 9.88 Å². The summed E-state index contributed by atoms with van der Waals surface area (Å²) in [4.78, 5) is 28.2. The number of guanidine groups is 1. The SMILES string of the molecule is NC(N)=Nc1ccc2[nH]c3c(c2c1)C[C@@]1(O)[C@H]2Cc4ccc(O)c5c4[C@@]1(CCN2CC1CC1)[C@H]3O5.O.O.O=C(O)C(F)(F)F.O=C(O)C(F)(F)F. The van der Waals surface area contributed by atoms with E-state index in [4.69, 9.17) is 36.0 Å². The molecule has 3 aliphatic carbocycles. The number of hydrogen-bond donors (Lipinski definition) is 7. The number of aromatic nitrogens is 1. The van der Waals surface area contributed by atoms with Crippen molar-refractivity contribution in [3.63, 3.8) is 0 Å². The van der Waals surface area contributed by atoms with Crippen molar-refractivity contribution in [2.75, 3.05) is 13.1 Å². The summed E-state index contributed by atoms with van der Waals surface area (Å²) in [7, 11) is 0. The molecule has 1 aromatic heterocycles. The number of ether oxygens (including phenoxy) is 1. The number of aliphatic hydroxyl groups is 1. The quantitative estimate of drug-likeness (QED) is 0.117. The van der Waals surface area contributed by atoms with Crippen LogP contribution in [0.4, 0.5) is 32.0 Å². The van der Waals surface area contributed by atoms with Crippen LogP contribution in [0, 0.1) is 5.92 Å². The summed E-state index contributed by atoms with van der Waals surface area (Å²) in [5.41, 5.74) is 15.6. The van der Waals surface area contributed by atoms with E-state index in [-0.39, 0.29) is 34.8 Å². The first kappa shape index (κ1) is 39.0. The first-order valence-corrected chi connectivity index (χ1v) is 15.1. The van der Waals surface area contributed by atoms with Crippen LogP contribution < -0.4 is 16.2 Å². The number of rotatable bonds is 3. The minimum Gasteiger partial charge on any atom is -0.504 e. The smallest absolute Gasteiger partial charge is 0.490 e. The average molecular weight is 736 g/mol. The highest BCUT2D eigenvalue weighted by Crippen LogP contribution is 2.69. The number of phenols is 1. The zero-order valence-electron chi connectivity index (χ0n) is 26.4. The number of alkyl halides is 6. The number of aromatic amines is 1. The topological polar surface area (TPSA) is 271 Å². The van der Waals surface area contributed by atoms with Gasteiger partial charge in [-0.1, -0.05) is 6.07 Å². The number of halogens is 6. The molecule has 3 heterocycles. The molecule has 20 heteroatoms. The van der Waals surface area contributed by atoms with Crippen molar-refractivity contribution in [1.29, 1.82) is 0 Å². The molecule has 1 saturated heterocycles. The molecule has 2 aromatic carbocycles. The van der Waals surface area contributed by atoms with E-state index in [1.165, 1.54) is 18.4 Å². The lowest BCUT2D eigenvalue weighted by molar-refractivity contribution is -0.193. The van der Waals surface area contributed by atoms with E-state index in [1.807, 2.05) is 24.3 Å². The number of H-pyrrole nitrogens is 1. The van der Waals surface area contributed by atoms with E-state index >= 15 is 0 Å². The standard InChI is InChI=1S/C27H29N5O3.2C2HF3O2.2H2O/c28-25(29)30-15-4-5-18-16(10-15)17-11-27(34)20-9-14-3-6-19(33)23-21(14)26(27,24(35-23)22(17)31-18)7-8-32(20)12-13-1-2-13;2*3-2(4,5)1(6)7;;/h3-6,10,13,20,24,31,33-34H,1-2,7-9,11-12H2,(H4,28,29,30);2*(H,6,7);2*1H2/t20-,24+,26+,27-;;;;/m1..../s1. The maximum atomic E-state index is 12.9. The van der Waals surface area contributed by atoms with Crippen LogP contribution in [0.1, 0.15) is 47.8 Å². The van der Waals surface area contributed by atoms with Gasteiger partial charge in [0.25, 0.3) is 0 Å². The molecular formula is C31H35F6N5O9. The van der Waals surface area contributed by atoms with Gasteiger partial charge in [0.15, 0.2) is 23.6 Å². The highest BCUT2D eigenvalue weighted by Gasteiger charge is 2.72. The van der Waals surface area contributed by atoms with Gasteiger partial charge in [-0.15, -0.1) is 0 Å². The van der Waals surface area contributed by atoms with Crippen molar-refractivity contribution in [3.8, 4) is 11.5 Å². The lowest BCUT2D eigenvalue weighted by Gasteiger charge is -2.62. The van der Waals surface area contributed by atoms with Gasteiger partial charge in [-0.25, -0.2) is 14.6 Å². The summed E-state index contributed by atoms with van der Waals surface area (Å²) in [6.07, 6.45) is -5.90. The first-order valence-electron chi connectivity index (χ1n) is 15.1. The second-order valence-corrected chi connectivity index (χ2v) is 12.8. The Hall–Kier alpha value is -4.79. The number of nitrogens with one attached hydrogen (secondary N) is 1. The van der Waals surface area contributed by atoms with Gasteiger partial charge in [0.05, 0.1) is 22.4 Å². The molecular weight excluding hydrogens is 700 g/mol. The Kier molecular flexibility index (Phi) is 10.00. The molecule has 2 fully saturated rings. The van der Waals surface area contributed by atoms with Crippen LogP contribution in [0.25, 0.3) is 10.9 Å². The highest BCUT2D eigenvalue weighted by molar-refractivity contribution is 5.90. The highest BCUT2D eigenvalue weighted by atomic mass is 19.4. The van der Waals surface area contributed by atoms with Gasteiger partial charge in [-0.05, 0) is 73.5 Å². The molecule has 3 aromatic rings. The fourth-order valence-electron chi connectivity index (χ4n) is 7.83. The largest absolute Gasteiger partial charge is 0.504 e. The number of aliphatic imine (C=N–C) groups is 1. The zero-order valence-corrected chi connectivity index (χ0v) is 26.4. The summed E-state index contributed by atoms with van der Waals surface area (Å²) in [5.74, 6) is -4.05. The minimum absolute atomic E-state index is 0. The number of likely N-dealkylation sites (tertiary alicyclic amines) is 1. The Morgan fingerprint density at radius 1 is 1.02 bits per heavy atom. The van der Waals surface area contributed by atoms with E-state index in [1.54, 1.807) is 6.07 Å². The number of benzene rings is 2. The molecule has 4 atom stereocenters. The molecule has 280 valence electrons. The van der Waals surface area contributed by atoms with E-state index in [0.29, 0.717) is 17.9 Å². The van der Waals surface area contributed by atoms with Gasteiger partial charge < -0.3 is 52.6 Å². The Balaban J connectivity index is 0.000000313. The van der Waals surface area contributed by atoms with Gasteiger partial charge in [-0.2, -0.15) is 26.3 Å². The Morgan fingerprint density at radius 3 is 2.18 bits per heavy atom. The number of nitrogens with two attached hydrogens (primary N) is 2. The van der Waals surface area contributed by atoms with Gasteiger partial charge in [0.1, 0.15) is 0 Å². The average Bonchev–Trinajstić information content (AvgIpc) is 3.64. The second kappa shape index (κ2) is 13.1. The Labute approximate surface area is 283 Å². The summed E-state index contributed by atoms with van der Waals surface area (Å²) >= 11 is 0.